The van der Waals surface area contributed by atoms with Crippen molar-refractivity contribution in [2.45, 2.75) is 0 Å². The number of fused-ring (bicyclic) bond motifs is 10. The molecular weight excluding hydrogens is 2350 g/mol. The van der Waals surface area contributed by atoms with Crippen molar-refractivity contribution in [3.8, 4) is 103 Å². The SMILES string of the molecule is [Pt+2].[Pt+2].[Pt+2].[Pt+2].[c-]1c(Oc2[c-]c(-n3c4ccccc4c4cccnc43)ccc2)cccc1-n1ncc2ccccc21.[c-]1c(Oc2[c-]c(-n3ncc4ccccc43)ccc2)cccc1-c1ccccn1.[c-]1c(Oc2[c-]c(-n3ncc4ccccc43)ccc2)cccc1Oc1ccccn1.[c-]1c(Oc2[c-]c3c(cc2)c2ccccc2n3-c2ccccn2)cccc1-n1ncc2ccccc21. The molecule has 0 atom stereocenters. The van der Waals surface area contributed by atoms with Crippen LogP contribution in [-0.4, -0.2) is 68.2 Å². The molecule has 19 nitrogen and oxygen atoms in total. The summed E-state index contributed by atoms with van der Waals surface area (Å²) in [6.07, 6.45) is 14.5. The van der Waals surface area contributed by atoms with Crippen LogP contribution in [0.1, 0.15) is 0 Å². The van der Waals surface area contributed by atoms with E-state index >= 15 is 0 Å². The van der Waals surface area contributed by atoms with E-state index in [2.05, 4.69) is 134 Å². The van der Waals surface area contributed by atoms with Crippen LogP contribution in [0.2, 0.25) is 0 Å². The van der Waals surface area contributed by atoms with Gasteiger partial charge in [0, 0.05) is 120 Å². The normalized spacial score (nSPS) is 10.8. The van der Waals surface area contributed by atoms with Gasteiger partial charge in [0.25, 0.3) is 0 Å². The van der Waals surface area contributed by atoms with Crippen LogP contribution in [0.5, 0.6) is 57.6 Å². The predicted molar refractivity (Wildman–Crippen MR) is 493 cm³/mol. The summed E-state index contributed by atoms with van der Waals surface area (Å²) in [5.74, 6) is 6.56. The summed E-state index contributed by atoms with van der Waals surface area (Å²) in [6, 6.07) is 141. The molecule has 0 bridgehead atoms. The van der Waals surface area contributed by atoms with Crippen LogP contribution in [0.3, 0.4) is 0 Å². The number of rotatable bonds is 17. The Morgan fingerprint density at radius 2 is 0.565 bits per heavy atom. The van der Waals surface area contributed by atoms with Gasteiger partial charge >= 0.3 is 84.3 Å². The number of hydrogen-bond donors (Lipinski definition) is 0. The second-order valence-electron chi connectivity index (χ2n) is 29.0. The number of ether oxygens (including phenoxy) is 5. The van der Waals surface area contributed by atoms with Gasteiger partial charge in [-0.15, -0.1) is 144 Å². The first-order valence-corrected chi connectivity index (χ1v) is 40.7. The molecule has 0 spiro atoms. The first kappa shape index (κ1) is 88.0. The van der Waals surface area contributed by atoms with E-state index in [0.29, 0.717) is 57.6 Å². The zero-order valence-corrected chi connectivity index (χ0v) is 77.8. The van der Waals surface area contributed by atoms with E-state index in [0.717, 1.165) is 133 Å². The Hall–Kier alpha value is -15.1. The third-order valence-electron chi connectivity index (χ3n) is 20.9. The monoisotopic (exact) mass is 2420 g/mol. The molecule has 24 aromatic rings. The average molecular weight is 2420 g/mol. The first-order valence-electron chi connectivity index (χ1n) is 40.7. The molecule has 0 aliphatic carbocycles. The molecule has 24 rings (SSSR count). The minimum Gasteiger partial charge on any atom is -0.509 e. The summed E-state index contributed by atoms with van der Waals surface area (Å²) in [6.45, 7) is 0. The van der Waals surface area contributed by atoms with Crippen LogP contribution >= 0.6 is 0 Å². The van der Waals surface area contributed by atoms with Crippen LogP contribution in [0, 0.1) is 48.5 Å². The molecule has 0 amide bonds. The zero-order chi connectivity index (χ0) is 84.6. The number of pyridine rings is 4. The van der Waals surface area contributed by atoms with Crippen molar-refractivity contribution in [2.24, 2.45) is 0 Å². The van der Waals surface area contributed by atoms with E-state index < -0.39 is 0 Å². The van der Waals surface area contributed by atoms with Crippen LogP contribution in [-0.2, 0) is 84.3 Å². The molecule has 14 aromatic carbocycles. The molecule has 23 heteroatoms. The Kier molecular flexibility index (Phi) is 27.2. The Bertz CT molecular complexity index is 8030. The third-order valence-corrected chi connectivity index (χ3v) is 20.9. The van der Waals surface area contributed by atoms with Gasteiger partial charge in [-0.2, -0.15) is 62.9 Å². The molecular formula is C108H66N14O5Pt4. The Morgan fingerprint density at radius 1 is 0.214 bits per heavy atom. The van der Waals surface area contributed by atoms with E-state index in [1.165, 1.54) is 0 Å². The average Bonchev–Trinajstić information content (AvgIpc) is 1.62. The van der Waals surface area contributed by atoms with E-state index in [-0.39, 0.29) is 84.3 Å². The molecule has 10 aromatic heterocycles. The van der Waals surface area contributed by atoms with Crippen LogP contribution < -0.4 is 23.7 Å². The maximum atomic E-state index is 6.24. The topological polar surface area (TPSA) is 179 Å². The summed E-state index contributed by atoms with van der Waals surface area (Å²) in [5.41, 5.74) is 13.9. The second kappa shape index (κ2) is 40.5. The van der Waals surface area contributed by atoms with E-state index in [1.807, 2.05) is 353 Å². The molecule has 0 radical (unpaired) electrons. The Labute approximate surface area is 809 Å². The molecule has 0 fully saturated rings. The molecule has 10 heterocycles. The Balaban J connectivity index is 0.000000122. The van der Waals surface area contributed by atoms with Crippen molar-refractivity contribution in [2.75, 3.05) is 0 Å². The number of nitrogens with zero attached hydrogens (tertiary/aromatic N) is 14. The second-order valence-corrected chi connectivity index (χ2v) is 29.0. The number of hydrogen-bond acceptors (Lipinski definition) is 13. The quantitative estimate of drug-likeness (QED) is 0.0787. The molecule has 0 aliphatic rings. The number of para-hydroxylation sites is 6. The van der Waals surface area contributed by atoms with Gasteiger partial charge in [-0.3, -0.25) is 18.7 Å². The fraction of sp³-hybridized carbons (Fsp3) is 0. The predicted octanol–water partition coefficient (Wildman–Crippen LogP) is 24.9. The van der Waals surface area contributed by atoms with Gasteiger partial charge in [0.05, 0.1) is 52.4 Å². The van der Waals surface area contributed by atoms with Crippen LogP contribution in [0.25, 0.3) is 133 Å². The molecule has 0 aliphatic heterocycles. The smallest absolute Gasteiger partial charge is 0.509 e. The van der Waals surface area contributed by atoms with E-state index in [4.69, 9.17) is 23.7 Å². The van der Waals surface area contributed by atoms with Crippen LogP contribution in [0.4, 0.5) is 0 Å². The molecule has 131 heavy (non-hydrogen) atoms. The van der Waals surface area contributed by atoms with Crippen LogP contribution in [0.15, 0.2) is 401 Å². The summed E-state index contributed by atoms with van der Waals surface area (Å²) in [4.78, 5) is 17.8. The maximum absolute atomic E-state index is 6.24. The van der Waals surface area contributed by atoms with Crippen molar-refractivity contribution in [1.29, 1.82) is 0 Å². The Morgan fingerprint density at radius 3 is 1.02 bits per heavy atom. The van der Waals surface area contributed by atoms with Gasteiger partial charge in [-0.05, 0) is 107 Å². The summed E-state index contributed by atoms with van der Waals surface area (Å²) < 4.78 is 41.8. The molecule has 0 N–H and O–H groups in total. The van der Waals surface area contributed by atoms with Gasteiger partial charge < -0.3 is 37.8 Å². The number of benzene rings is 14. The zero-order valence-electron chi connectivity index (χ0n) is 68.7. The van der Waals surface area contributed by atoms with Gasteiger partial charge in [0.1, 0.15) is 11.5 Å². The largest absolute Gasteiger partial charge is 2.00 e. The standard InChI is InChI=1S/2C30H18N4O.C24H15N3O2.C24H15N3O.4Pt/c1-3-15-28-21(8-1)20-32-34(28)23-10-6-12-25(19-23)35-24-11-5-9-22(18-24)33-29-16-4-2-13-26(29)27-14-7-17-31-30(27)33;1-3-12-27-21(8-1)20-32-34(27)22-9-7-10-23(18-22)35-24-15-16-26-25-11-2-4-13-28(25)33(29(26)19-24)30-14-5-6-17-31-30;1-2-12-23-18(7-1)17-26-27(23)19-8-5-9-20(15-19)28-21-10-6-11-22(16-21)29-24-13-3-4-14-25-24;1-2-13-24-19(7-1)17-26-27(24)20-9-6-11-22(16-20)28-21-10-5-8-18(15-21)23-12-3-4-14-25-23;;;;/h2*1-17,20H;1-14,17H;1-14,17H;;;;/q4*-2;4*+2. The first-order chi connectivity index (χ1) is 62.9. The molecule has 0 saturated heterocycles. The van der Waals surface area contributed by atoms with Crippen molar-refractivity contribution < 1.29 is 108 Å². The van der Waals surface area contributed by atoms with Gasteiger partial charge in [-0.25, -0.2) is 15.0 Å². The maximum Gasteiger partial charge on any atom is 2.00 e. The van der Waals surface area contributed by atoms with Crippen molar-refractivity contribution >= 4 is 87.4 Å². The minimum atomic E-state index is 0. The van der Waals surface area contributed by atoms with Crippen molar-refractivity contribution in [3.05, 3.63) is 450 Å². The molecule has 638 valence electrons. The van der Waals surface area contributed by atoms with Gasteiger partial charge in [0.2, 0.25) is 5.88 Å². The fourth-order valence-electron chi connectivity index (χ4n) is 15.2. The number of aromatic nitrogens is 14. The van der Waals surface area contributed by atoms with Crippen molar-refractivity contribution in [3.63, 3.8) is 0 Å². The van der Waals surface area contributed by atoms with Crippen molar-refractivity contribution in [1.82, 2.24) is 68.2 Å². The fourth-order valence-corrected chi connectivity index (χ4v) is 15.2. The van der Waals surface area contributed by atoms with E-state index in [9.17, 15) is 0 Å². The van der Waals surface area contributed by atoms with Gasteiger partial charge in [0.15, 0.2) is 0 Å². The summed E-state index contributed by atoms with van der Waals surface area (Å²) in [5, 5.41) is 26.8. The van der Waals surface area contributed by atoms with Gasteiger partial charge in [-0.1, -0.05) is 157 Å². The van der Waals surface area contributed by atoms with E-state index in [1.54, 1.807) is 30.7 Å². The third kappa shape index (κ3) is 19.1. The summed E-state index contributed by atoms with van der Waals surface area (Å²) in [7, 11) is 0. The molecule has 0 unspecified atom stereocenters. The minimum absolute atomic E-state index is 0. The summed E-state index contributed by atoms with van der Waals surface area (Å²) >= 11 is 0. The molecule has 0 saturated carbocycles.